The van der Waals surface area contributed by atoms with Crippen molar-refractivity contribution in [3.8, 4) is 0 Å². The van der Waals surface area contributed by atoms with E-state index in [-0.39, 0.29) is 11.6 Å². The first-order valence-electron chi connectivity index (χ1n) is 13.9. The number of amides is 3. The zero-order valence-corrected chi connectivity index (χ0v) is 26.1. The van der Waals surface area contributed by atoms with Crippen molar-refractivity contribution in [3.05, 3.63) is 166 Å². The Bertz CT molecular complexity index is 1820. The summed E-state index contributed by atoms with van der Waals surface area (Å²) in [5.74, 6) is -1.61. The molecule has 0 saturated heterocycles. The highest BCUT2D eigenvalue weighted by Crippen LogP contribution is 2.37. The largest absolute Gasteiger partial charge is 0.325 e. The smallest absolute Gasteiger partial charge is 0.272 e. The molecule has 0 heterocycles. The van der Waals surface area contributed by atoms with Crippen molar-refractivity contribution in [2.45, 2.75) is 10.1 Å². The van der Waals surface area contributed by atoms with E-state index < -0.39 is 22.9 Å². The molecule has 3 amide bonds. The molecule has 1 unspecified atom stereocenters. The highest BCUT2D eigenvalue weighted by Gasteiger charge is 2.23. The lowest BCUT2D eigenvalue weighted by atomic mass is 10.1. The van der Waals surface area contributed by atoms with E-state index in [0.717, 1.165) is 20.5 Å². The third-order valence-electron chi connectivity index (χ3n) is 6.51. The second kappa shape index (κ2) is 15.1. The van der Waals surface area contributed by atoms with Crippen LogP contribution in [0, 0.1) is 5.82 Å². The van der Waals surface area contributed by atoms with Crippen molar-refractivity contribution in [2.24, 2.45) is 0 Å². The van der Waals surface area contributed by atoms with Crippen LogP contribution in [0.5, 0.6) is 0 Å². The minimum atomic E-state index is -0.639. The molecular formula is C36H27BrFN3O3S. The molecule has 0 radical (unpaired) electrons. The Morgan fingerprint density at radius 1 is 0.711 bits per heavy atom. The first-order valence-corrected chi connectivity index (χ1v) is 15.5. The van der Waals surface area contributed by atoms with Crippen LogP contribution in [0.2, 0.25) is 0 Å². The van der Waals surface area contributed by atoms with E-state index >= 15 is 0 Å². The van der Waals surface area contributed by atoms with Gasteiger partial charge in [0.05, 0.1) is 0 Å². The Hall–Kier alpha value is -4.99. The van der Waals surface area contributed by atoms with Crippen LogP contribution in [0.1, 0.15) is 26.7 Å². The standard InChI is InChI=1S/C36H27BrFN3O3S/c37-27-16-14-24(15-17-27)22-32(41-34(42)26-10-5-2-6-11-26)35(43)40-30-12-7-13-31(23-30)45-33(25-8-3-1-4-9-25)36(44)39-29-20-18-28(38)19-21-29/h1-23,33H,(H,39,44)(H,40,43)(H,41,42)/b32-22-. The van der Waals surface area contributed by atoms with E-state index in [1.54, 1.807) is 48.5 Å². The molecule has 0 aliphatic carbocycles. The molecule has 0 aromatic heterocycles. The van der Waals surface area contributed by atoms with Crippen LogP contribution in [0.4, 0.5) is 15.8 Å². The van der Waals surface area contributed by atoms with Crippen molar-refractivity contribution in [2.75, 3.05) is 10.6 Å². The zero-order chi connectivity index (χ0) is 31.6. The first kappa shape index (κ1) is 31.4. The van der Waals surface area contributed by atoms with Gasteiger partial charge in [0.25, 0.3) is 11.8 Å². The molecule has 0 aliphatic heterocycles. The second-order valence-corrected chi connectivity index (χ2v) is 11.9. The monoisotopic (exact) mass is 679 g/mol. The summed E-state index contributed by atoms with van der Waals surface area (Å²) in [4.78, 5) is 40.7. The number of thioether (sulfide) groups is 1. The fourth-order valence-electron chi connectivity index (χ4n) is 4.29. The van der Waals surface area contributed by atoms with E-state index in [0.29, 0.717) is 16.9 Å². The molecule has 5 rings (SSSR count). The van der Waals surface area contributed by atoms with Crippen molar-refractivity contribution < 1.29 is 18.8 Å². The van der Waals surface area contributed by atoms with Crippen LogP contribution in [0.15, 0.2) is 149 Å². The van der Waals surface area contributed by atoms with Crippen molar-refractivity contribution >= 4 is 62.9 Å². The van der Waals surface area contributed by atoms with Gasteiger partial charge in [0.15, 0.2) is 0 Å². The number of halogens is 2. The first-order chi connectivity index (χ1) is 21.8. The molecule has 1 atom stereocenters. The van der Waals surface area contributed by atoms with Crippen molar-refractivity contribution in [1.82, 2.24) is 5.32 Å². The SMILES string of the molecule is O=C(Nc1cccc(SC(C(=O)Nc2ccc(F)cc2)c2ccccc2)c1)/C(=C/c1ccc(Br)cc1)NC(=O)c1ccccc1. The van der Waals surface area contributed by atoms with Crippen molar-refractivity contribution in [1.29, 1.82) is 0 Å². The molecule has 6 nitrogen and oxygen atoms in total. The van der Waals surface area contributed by atoms with Crippen LogP contribution in [-0.2, 0) is 9.59 Å². The molecular weight excluding hydrogens is 653 g/mol. The topological polar surface area (TPSA) is 87.3 Å². The fraction of sp³-hybridized carbons (Fsp3) is 0.0278. The third-order valence-corrected chi connectivity index (χ3v) is 8.28. The van der Waals surface area contributed by atoms with Crippen molar-refractivity contribution in [3.63, 3.8) is 0 Å². The second-order valence-electron chi connectivity index (χ2n) is 9.82. The van der Waals surface area contributed by atoms with Gasteiger partial charge in [-0.25, -0.2) is 4.39 Å². The number of anilines is 2. The van der Waals surface area contributed by atoms with Crippen LogP contribution >= 0.6 is 27.7 Å². The summed E-state index contributed by atoms with van der Waals surface area (Å²) in [5, 5.41) is 7.84. The van der Waals surface area contributed by atoms with E-state index in [4.69, 9.17) is 0 Å². The van der Waals surface area contributed by atoms with E-state index in [2.05, 4.69) is 31.9 Å². The Morgan fingerprint density at radius 3 is 2.07 bits per heavy atom. The Kier molecular flexibility index (Phi) is 10.6. The lowest BCUT2D eigenvalue weighted by Crippen LogP contribution is -2.30. The van der Waals surface area contributed by atoms with Crippen LogP contribution in [0.3, 0.4) is 0 Å². The lowest BCUT2D eigenvalue weighted by Gasteiger charge is -2.18. The van der Waals surface area contributed by atoms with Gasteiger partial charge in [-0.2, -0.15) is 0 Å². The molecule has 224 valence electrons. The van der Waals surface area contributed by atoms with Gasteiger partial charge in [-0.05, 0) is 83.9 Å². The van der Waals surface area contributed by atoms with Gasteiger partial charge in [-0.3, -0.25) is 14.4 Å². The highest BCUT2D eigenvalue weighted by molar-refractivity contribution is 9.10. The normalized spacial score (nSPS) is 11.7. The molecule has 0 saturated carbocycles. The molecule has 0 aliphatic rings. The number of benzene rings is 5. The molecule has 0 bridgehead atoms. The molecule has 3 N–H and O–H groups in total. The summed E-state index contributed by atoms with van der Waals surface area (Å²) in [6.07, 6.45) is 1.60. The Labute approximate surface area is 272 Å². The minimum Gasteiger partial charge on any atom is -0.325 e. The predicted molar refractivity (Wildman–Crippen MR) is 181 cm³/mol. The number of rotatable bonds is 10. The van der Waals surface area contributed by atoms with E-state index in [9.17, 15) is 18.8 Å². The average Bonchev–Trinajstić information content (AvgIpc) is 3.06. The number of carbonyl (C=O) groups is 3. The predicted octanol–water partition coefficient (Wildman–Crippen LogP) is 8.47. The summed E-state index contributed by atoms with van der Waals surface area (Å²) >= 11 is 4.72. The van der Waals surface area contributed by atoms with E-state index in [1.807, 2.05) is 66.7 Å². The minimum absolute atomic E-state index is 0.0602. The fourth-order valence-corrected chi connectivity index (χ4v) is 5.64. The molecule has 9 heteroatoms. The lowest BCUT2D eigenvalue weighted by molar-refractivity contribution is -0.116. The summed E-state index contributed by atoms with van der Waals surface area (Å²) < 4.78 is 14.3. The molecule has 5 aromatic carbocycles. The van der Waals surface area contributed by atoms with Gasteiger partial charge < -0.3 is 16.0 Å². The van der Waals surface area contributed by atoms with Gasteiger partial charge in [0.2, 0.25) is 5.91 Å². The van der Waals surface area contributed by atoms with Crippen LogP contribution < -0.4 is 16.0 Å². The number of hydrogen-bond donors (Lipinski definition) is 3. The summed E-state index contributed by atoms with van der Waals surface area (Å²) in [6, 6.07) is 38.0. The number of nitrogens with one attached hydrogen (secondary N) is 3. The maximum absolute atomic E-state index is 13.5. The van der Waals surface area contributed by atoms with Gasteiger partial charge >= 0.3 is 0 Å². The Balaban J connectivity index is 1.37. The molecule has 0 spiro atoms. The Morgan fingerprint density at radius 2 is 1.38 bits per heavy atom. The zero-order valence-electron chi connectivity index (χ0n) is 23.7. The molecule has 45 heavy (non-hydrogen) atoms. The third kappa shape index (κ3) is 9.01. The number of carbonyl (C=O) groups excluding carboxylic acids is 3. The quantitative estimate of drug-likeness (QED) is 0.102. The summed E-state index contributed by atoms with van der Waals surface area (Å²) in [7, 11) is 0. The van der Waals surface area contributed by atoms with Crippen LogP contribution in [-0.4, -0.2) is 17.7 Å². The van der Waals surface area contributed by atoms with Gasteiger partial charge in [-0.15, -0.1) is 11.8 Å². The maximum atomic E-state index is 13.5. The van der Waals surface area contributed by atoms with E-state index in [1.165, 1.54) is 36.0 Å². The van der Waals surface area contributed by atoms with Crippen LogP contribution in [0.25, 0.3) is 6.08 Å². The highest BCUT2D eigenvalue weighted by atomic mass is 79.9. The number of hydrogen-bond acceptors (Lipinski definition) is 4. The molecule has 5 aromatic rings. The van der Waals surface area contributed by atoms with Gasteiger partial charge in [0, 0.05) is 26.3 Å². The average molecular weight is 681 g/mol. The summed E-state index contributed by atoms with van der Waals surface area (Å²) in [6.45, 7) is 0. The summed E-state index contributed by atoms with van der Waals surface area (Å²) in [5.41, 5.74) is 2.93. The molecule has 0 fully saturated rings. The van der Waals surface area contributed by atoms with Gasteiger partial charge in [-0.1, -0.05) is 82.7 Å². The maximum Gasteiger partial charge on any atom is 0.272 e. The van der Waals surface area contributed by atoms with Gasteiger partial charge in [0.1, 0.15) is 16.8 Å².